The number of fused-ring (bicyclic) bond motifs is 1. The lowest BCUT2D eigenvalue weighted by molar-refractivity contribution is -0.143. The van der Waals surface area contributed by atoms with Gasteiger partial charge in [-0.15, -0.1) is 0 Å². The minimum Gasteiger partial charge on any atom is -0.361 e. The standard InChI is InChI=1S/C33H34F3N3O2/c1-22(2)39(32(41)29-18-28(29)24-8-4-3-5-9-24)21-31(40)38(20-23-12-14-26(15-13-23)33(34,35)36)17-16-25-19-37-30-11-7-6-10-27(25)30/h3-15,19,22,28-29,37H,16-18,20-21H2,1-2H3/t28-,29?/m0/s1. The van der Waals surface area contributed by atoms with Crippen molar-refractivity contribution in [3.63, 3.8) is 0 Å². The molecular formula is C33H34F3N3O2. The van der Waals surface area contributed by atoms with Crippen LogP contribution in [0, 0.1) is 5.92 Å². The summed E-state index contributed by atoms with van der Waals surface area (Å²) in [5, 5.41) is 1.06. The zero-order chi connectivity index (χ0) is 29.1. The van der Waals surface area contributed by atoms with Crippen molar-refractivity contribution >= 4 is 22.7 Å². The van der Waals surface area contributed by atoms with Gasteiger partial charge in [0.1, 0.15) is 0 Å². The molecule has 2 atom stereocenters. The zero-order valence-electron chi connectivity index (χ0n) is 23.2. The molecular weight excluding hydrogens is 527 g/mol. The molecule has 41 heavy (non-hydrogen) atoms. The molecule has 1 aliphatic carbocycles. The fourth-order valence-corrected chi connectivity index (χ4v) is 5.42. The molecule has 1 fully saturated rings. The number of carbonyl (C=O) groups is 2. The van der Waals surface area contributed by atoms with Gasteiger partial charge in [-0.05, 0) is 67.5 Å². The molecule has 4 aromatic rings. The number of benzene rings is 3. The van der Waals surface area contributed by atoms with Crippen LogP contribution < -0.4 is 0 Å². The number of amides is 2. The Kier molecular flexibility index (Phi) is 8.20. The first-order chi connectivity index (χ1) is 19.6. The first kappa shape index (κ1) is 28.5. The molecule has 0 aliphatic heterocycles. The summed E-state index contributed by atoms with van der Waals surface area (Å²) in [6.07, 6.45) is -1.19. The van der Waals surface area contributed by atoms with Gasteiger partial charge in [-0.1, -0.05) is 60.7 Å². The van der Waals surface area contributed by atoms with Crippen molar-refractivity contribution in [2.45, 2.75) is 51.4 Å². The first-order valence-electron chi connectivity index (χ1n) is 14.0. The average molecular weight is 562 g/mol. The van der Waals surface area contributed by atoms with E-state index < -0.39 is 11.7 Å². The molecule has 8 heteroatoms. The van der Waals surface area contributed by atoms with Gasteiger partial charge in [-0.3, -0.25) is 9.59 Å². The van der Waals surface area contributed by atoms with Gasteiger partial charge in [0.25, 0.3) is 0 Å². The Bertz CT molecular complexity index is 1500. The molecule has 1 aromatic heterocycles. The van der Waals surface area contributed by atoms with Gasteiger partial charge in [-0.2, -0.15) is 13.2 Å². The van der Waals surface area contributed by atoms with Crippen molar-refractivity contribution in [2.24, 2.45) is 5.92 Å². The lowest BCUT2D eigenvalue weighted by Crippen LogP contribution is -2.46. The SMILES string of the molecule is CC(C)N(CC(=O)N(CCc1c[nH]c2ccccc12)Cc1ccc(C(F)(F)F)cc1)C(=O)C1C[C@H]1c1ccccc1. The van der Waals surface area contributed by atoms with Crippen LogP contribution in [0.3, 0.4) is 0 Å². The number of alkyl halides is 3. The maximum Gasteiger partial charge on any atom is 0.416 e. The first-order valence-corrected chi connectivity index (χ1v) is 14.0. The van der Waals surface area contributed by atoms with E-state index in [2.05, 4.69) is 4.98 Å². The summed E-state index contributed by atoms with van der Waals surface area (Å²) in [7, 11) is 0. The van der Waals surface area contributed by atoms with E-state index >= 15 is 0 Å². The van der Waals surface area contributed by atoms with Crippen molar-refractivity contribution in [3.8, 4) is 0 Å². The lowest BCUT2D eigenvalue weighted by Gasteiger charge is -2.30. The fourth-order valence-electron chi connectivity index (χ4n) is 5.42. The molecule has 214 valence electrons. The van der Waals surface area contributed by atoms with E-state index in [1.165, 1.54) is 12.1 Å². The van der Waals surface area contributed by atoms with Gasteiger partial charge in [-0.25, -0.2) is 0 Å². The summed E-state index contributed by atoms with van der Waals surface area (Å²) < 4.78 is 39.3. The molecule has 2 amide bonds. The Hall–Kier alpha value is -4.07. The largest absolute Gasteiger partial charge is 0.416 e. The highest BCUT2D eigenvalue weighted by Crippen LogP contribution is 2.48. The third-order valence-electron chi connectivity index (χ3n) is 7.88. The molecule has 0 radical (unpaired) electrons. The van der Waals surface area contributed by atoms with Gasteiger partial charge in [0.15, 0.2) is 0 Å². The predicted octanol–water partition coefficient (Wildman–Crippen LogP) is 6.80. The number of H-pyrrole nitrogens is 1. The second-order valence-corrected chi connectivity index (χ2v) is 11.0. The monoisotopic (exact) mass is 561 g/mol. The lowest BCUT2D eigenvalue weighted by atomic mass is 10.1. The summed E-state index contributed by atoms with van der Waals surface area (Å²) in [6, 6.07) is 22.6. The van der Waals surface area contributed by atoms with E-state index in [1.807, 2.05) is 74.6 Å². The van der Waals surface area contributed by atoms with Crippen LogP contribution in [0.5, 0.6) is 0 Å². The number of hydrogen-bond donors (Lipinski definition) is 1. The van der Waals surface area contributed by atoms with Crippen LogP contribution in [-0.2, 0) is 28.7 Å². The molecule has 1 unspecified atom stereocenters. The number of rotatable bonds is 10. The molecule has 1 N–H and O–H groups in total. The van der Waals surface area contributed by atoms with Crippen LogP contribution in [-0.4, -0.2) is 45.7 Å². The van der Waals surface area contributed by atoms with Gasteiger partial charge in [0, 0.05) is 42.1 Å². The summed E-state index contributed by atoms with van der Waals surface area (Å²) >= 11 is 0. The molecule has 0 saturated heterocycles. The molecule has 0 spiro atoms. The number of aromatic nitrogens is 1. The Labute approximate surface area is 238 Å². The number of carbonyl (C=O) groups excluding carboxylic acids is 2. The van der Waals surface area contributed by atoms with Crippen LogP contribution in [0.4, 0.5) is 13.2 Å². The highest BCUT2D eigenvalue weighted by molar-refractivity contribution is 5.88. The van der Waals surface area contributed by atoms with Crippen molar-refractivity contribution < 1.29 is 22.8 Å². The summed E-state index contributed by atoms with van der Waals surface area (Å²) in [4.78, 5) is 33.8. The molecule has 1 heterocycles. The Morgan fingerprint density at radius 3 is 2.32 bits per heavy atom. The third-order valence-corrected chi connectivity index (χ3v) is 7.88. The van der Waals surface area contributed by atoms with Crippen LogP contribution in [0.1, 0.15) is 48.4 Å². The maximum atomic E-state index is 13.8. The quantitative estimate of drug-likeness (QED) is 0.232. The minimum absolute atomic E-state index is 0.0340. The van der Waals surface area contributed by atoms with E-state index in [4.69, 9.17) is 0 Å². The summed E-state index contributed by atoms with van der Waals surface area (Å²) in [6.45, 7) is 4.23. The molecule has 0 bridgehead atoms. The number of para-hydroxylation sites is 1. The number of aromatic amines is 1. The zero-order valence-corrected chi connectivity index (χ0v) is 23.2. The predicted molar refractivity (Wildman–Crippen MR) is 153 cm³/mol. The van der Waals surface area contributed by atoms with Crippen LogP contribution in [0.15, 0.2) is 85.1 Å². The van der Waals surface area contributed by atoms with Crippen molar-refractivity contribution in [1.29, 1.82) is 0 Å². The minimum atomic E-state index is -4.43. The highest BCUT2D eigenvalue weighted by Gasteiger charge is 2.46. The number of nitrogens with zero attached hydrogens (tertiary/aromatic N) is 2. The average Bonchev–Trinajstić information content (AvgIpc) is 3.66. The van der Waals surface area contributed by atoms with Crippen LogP contribution >= 0.6 is 0 Å². The van der Waals surface area contributed by atoms with E-state index in [0.717, 1.165) is 40.6 Å². The third kappa shape index (κ3) is 6.64. The Morgan fingerprint density at radius 1 is 0.951 bits per heavy atom. The Morgan fingerprint density at radius 2 is 1.63 bits per heavy atom. The van der Waals surface area contributed by atoms with Gasteiger partial charge in [0.05, 0.1) is 12.1 Å². The molecule has 5 rings (SSSR count). The molecule has 1 saturated carbocycles. The molecule has 3 aromatic carbocycles. The summed E-state index contributed by atoms with van der Waals surface area (Å²) in [5.41, 5.74) is 3.04. The van der Waals surface area contributed by atoms with Gasteiger partial charge in [0.2, 0.25) is 11.8 Å². The normalized spacial score (nSPS) is 16.6. The highest BCUT2D eigenvalue weighted by atomic mass is 19.4. The second kappa shape index (κ2) is 11.8. The topological polar surface area (TPSA) is 56.4 Å². The van der Waals surface area contributed by atoms with Crippen LogP contribution in [0.25, 0.3) is 10.9 Å². The maximum absolute atomic E-state index is 13.8. The Balaban J connectivity index is 1.32. The van der Waals surface area contributed by atoms with E-state index in [-0.39, 0.29) is 42.8 Å². The van der Waals surface area contributed by atoms with E-state index in [1.54, 1.807) is 9.80 Å². The van der Waals surface area contributed by atoms with Gasteiger partial charge < -0.3 is 14.8 Å². The van der Waals surface area contributed by atoms with Crippen LogP contribution in [0.2, 0.25) is 0 Å². The number of halogens is 3. The van der Waals surface area contributed by atoms with E-state index in [0.29, 0.717) is 18.5 Å². The van der Waals surface area contributed by atoms with E-state index in [9.17, 15) is 22.8 Å². The van der Waals surface area contributed by atoms with Crippen molar-refractivity contribution in [1.82, 2.24) is 14.8 Å². The number of hydrogen-bond acceptors (Lipinski definition) is 2. The molecule has 1 aliphatic rings. The fraction of sp³-hybridized carbons (Fsp3) is 0.333. The molecule has 5 nitrogen and oxygen atoms in total. The number of nitrogens with one attached hydrogen (secondary N) is 1. The second-order valence-electron chi connectivity index (χ2n) is 11.0. The smallest absolute Gasteiger partial charge is 0.361 e. The van der Waals surface area contributed by atoms with Gasteiger partial charge >= 0.3 is 6.18 Å². The van der Waals surface area contributed by atoms with Crippen molar-refractivity contribution in [2.75, 3.05) is 13.1 Å². The van der Waals surface area contributed by atoms with Crippen molar-refractivity contribution in [3.05, 3.63) is 107 Å². The summed E-state index contributed by atoms with van der Waals surface area (Å²) in [5.74, 6) is -0.260.